The molecular formula is C13H19N3O3. The number of hydrogen-bond acceptors (Lipinski definition) is 5. The van der Waals surface area contributed by atoms with E-state index in [-0.39, 0.29) is 10.6 Å². The molecule has 2 rings (SSSR count). The van der Waals surface area contributed by atoms with Crippen molar-refractivity contribution >= 4 is 5.69 Å². The Balaban J connectivity index is 2.21. The summed E-state index contributed by atoms with van der Waals surface area (Å²) in [5.74, 6) is 0.705. The summed E-state index contributed by atoms with van der Waals surface area (Å²) in [4.78, 5) is 12.8. The van der Waals surface area contributed by atoms with Gasteiger partial charge in [-0.25, -0.2) is 0 Å². The van der Waals surface area contributed by atoms with Crippen molar-refractivity contribution < 1.29 is 9.66 Å². The van der Waals surface area contributed by atoms with Crippen LogP contribution in [0, 0.1) is 10.1 Å². The molecule has 19 heavy (non-hydrogen) atoms. The third kappa shape index (κ3) is 3.21. The van der Waals surface area contributed by atoms with Gasteiger partial charge in [-0.2, -0.15) is 0 Å². The second-order valence-electron chi connectivity index (χ2n) is 4.78. The highest BCUT2D eigenvalue weighted by molar-refractivity contribution is 5.43. The molecule has 1 saturated heterocycles. The van der Waals surface area contributed by atoms with E-state index >= 15 is 0 Å². The summed E-state index contributed by atoms with van der Waals surface area (Å²) >= 11 is 0. The Morgan fingerprint density at radius 2 is 2.37 bits per heavy atom. The first-order chi connectivity index (χ1) is 9.11. The molecule has 6 nitrogen and oxygen atoms in total. The monoisotopic (exact) mass is 265 g/mol. The van der Waals surface area contributed by atoms with Gasteiger partial charge in [0.2, 0.25) is 0 Å². The van der Waals surface area contributed by atoms with Crippen LogP contribution >= 0.6 is 0 Å². The van der Waals surface area contributed by atoms with E-state index in [1.807, 2.05) is 0 Å². The Morgan fingerprint density at radius 1 is 1.58 bits per heavy atom. The lowest BCUT2D eigenvalue weighted by molar-refractivity contribution is -0.385. The molecule has 1 aromatic rings. The van der Waals surface area contributed by atoms with E-state index < -0.39 is 0 Å². The van der Waals surface area contributed by atoms with Crippen LogP contribution in [0.5, 0.6) is 5.75 Å². The van der Waals surface area contributed by atoms with E-state index in [1.165, 1.54) is 6.07 Å². The predicted octanol–water partition coefficient (Wildman–Crippen LogP) is 1.40. The molecule has 0 unspecified atom stereocenters. The first kappa shape index (κ1) is 13.8. The number of non-ortho nitro benzene ring substituents is 1. The Hall–Kier alpha value is -1.66. The number of benzene rings is 1. The van der Waals surface area contributed by atoms with Gasteiger partial charge in [0.15, 0.2) is 0 Å². The molecule has 1 aliphatic heterocycles. The summed E-state index contributed by atoms with van der Waals surface area (Å²) in [6.45, 7) is 5.65. The van der Waals surface area contributed by atoms with Crippen LogP contribution in [0.2, 0.25) is 0 Å². The molecule has 0 aliphatic carbocycles. The third-order valence-electron chi connectivity index (χ3n) is 3.49. The van der Waals surface area contributed by atoms with Crippen molar-refractivity contribution in [3.8, 4) is 5.75 Å². The molecule has 1 fully saturated rings. The van der Waals surface area contributed by atoms with E-state index in [4.69, 9.17) is 4.74 Å². The normalized spacial score (nSPS) is 20.2. The first-order valence-corrected chi connectivity index (χ1v) is 6.38. The highest BCUT2D eigenvalue weighted by atomic mass is 16.6. The second kappa shape index (κ2) is 5.99. The van der Waals surface area contributed by atoms with E-state index in [0.29, 0.717) is 18.3 Å². The van der Waals surface area contributed by atoms with Crippen molar-refractivity contribution in [1.29, 1.82) is 0 Å². The number of methoxy groups -OCH3 is 1. The summed E-state index contributed by atoms with van der Waals surface area (Å²) < 4.78 is 5.29. The zero-order valence-electron chi connectivity index (χ0n) is 11.3. The number of nitro benzene ring substituents is 1. The Bertz CT molecular complexity index is 464. The van der Waals surface area contributed by atoms with Crippen LogP contribution in [0.25, 0.3) is 0 Å². The highest BCUT2D eigenvalue weighted by Crippen LogP contribution is 2.26. The molecule has 0 spiro atoms. The van der Waals surface area contributed by atoms with E-state index in [0.717, 1.165) is 25.2 Å². The van der Waals surface area contributed by atoms with Gasteiger partial charge < -0.3 is 10.1 Å². The summed E-state index contributed by atoms with van der Waals surface area (Å²) in [5, 5.41) is 14.2. The molecule has 0 saturated carbocycles. The van der Waals surface area contributed by atoms with Crippen LogP contribution in [-0.4, -0.2) is 42.6 Å². The fourth-order valence-corrected chi connectivity index (χ4v) is 2.34. The number of nitrogens with one attached hydrogen (secondary N) is 1. The van der Waals surface area contributed by atoms with Gasteiger partial charge in [0.1, 0.15) is 5.75 Å². The van der Waals surface area contributed by atoms with Crippen molar-refractivity contribution in [3.63, 3.8) is 0 Å². The summed E-state index contributed by atoms with van der Waals surface area (Å²) in [7, 11) is 1.59. The zero-order chi connectivity index (χ0) is 13.8. The van der Waals surface area contributed by atoms with Crippen LogP contribution in [0.15, 0.2) is 18.2 Å². The molecule has 1 aliphatic rings. The van der Waals surface area contributed by atoms with Crippen LogP contribution in [0.1, 0.15) is 12.5 Å². The van der Waals surface area contributed by atoms with Crippen molar-refractivity contribution in [3.05, 3.63) is 33.9 Å². The van der Waals surface area contributed by atoms with Crippen LogP contribution in [-0.2, 0) is 6.54 Å². The maximum Gasteiger partial charge on any atom is 0.270 e. The number of hydrogen-bond donors (Lipinski definition) is 1. The predicted molar refractivity (Wildman–Crippen MR) is 72.4 cm³/mol. The van der Waals surface area contributed by atoms with Crippen molar-refractivity contribution in [2.75, 3.05) is 26.7 Å². The number of nitrogens with zero attached hydrogens (tertiary/aromatic N) is 2. The molecule has 0 radical (unpaired) electrons. The lowest BCUT2D eigenvalue weighted by atomic mass is 10.1. The molecule has 0 amide bonds. The van der Waals surface area contributed by atoms with Crippen molar-refractivity contribution in [2.45, 2.75) is 19.5 Å². The zero-order valence-corrected chi connectivity index (χ0v) is 11.3. The number of nitro groups is 1. The standard InChI is InChI=1S/C13H19N3O3/c1-10-8-14-5-6-15(10)9-11-7-12(16(17)18)3-4-13(11)19-2/h3-4,7,10,14H,5-6,8-9H2,1-2H3/t10-/m1/s1. The molecule has 6 heteroatoms. The fraction of sp³-hybridized carbons (Fsp3) is 0.538. The summed E-state index contributed by atoms with van der Waals surface area (Å²) in [6, 6.07) is 5.16. The molecule has 1 atom stereocenters. The minimum Gasteiger partial charge on any atom is -0.496 e. The van der Waals surface area contributed by atoms with Crippen LogP contribution in [0.3, 0.4) is 0 Å². The van der Waals surface area contributed by atoms with Gasteiger partial charge in [0, 0.05) is 49.9 Å². The Morgan fingerprint density at radius 3 is 3.00 bits per heavy atom. The molecule has 1 N–H and O–H groups in total. The fourth-order valence-electron chi connectivity index (χ4n) is 2.34. The largest absolute Gasteiger partial charge is 0.496 e. The average Bonchev–Trinajstić information content (AvgIpc) is 2.41. The quantitative estimate of drug-likeness (QED) is 0.658. The van der Waals surface area contributed by atoms with Crippen LogP contribution in [0.4, 0.5) is 5.69 Å². The maximum absolute atomic E-state index is 10.9. The molecule has 0 aromatic heterocycles. The van der Waals surface area contributed by atoms with Crippen LogP contribution < -0.4 is 10.1 Å². The molecule has 1 aromatic carbocycles. The number of ether oxygens (including phenoxy) is 1. The molecular weight excluding hydrogens is 246 g/mol. The lowest BCUT2D eigenvalue weighted by Crippen LogP contribution is -2.49. The van der Waals surface area contributed by atoms with E-state index in [9.17, 15) is 10.1 Å². The Labute approximate surface area is 112 Å². The topological polar surface area (TPSA) is 67.6 Å². The lowest BCUT2D eigenvalue weighted by Gasteiger charge is -2.34. The van der Waals surface area contributed by atoms with Gasteiger partial charge in [-0.15, -0.1) is 0 Å². The van der Waals surface area contributed by atoms with Gasteiger partial charge in [0.25, 0.3) is 5.69 Å². The maximum atomic E-state index is 10.9. The SMILES string of the molecule is COc1ccc([N+](=O)[O-])cc1CN1CCNC[C@H]1C. The molecule has 0 bridgehead atoms. The number of rotatable bonds is 4. The van der Waals surface area contributed by atoms with Gasteiger partial charge in [-0.1, -0.05) is 0 Å². The second-order valence-corrected chi connectivity index (χ2v) is 4.78. The average molecular weight is 265 g/mol. The summed E-state index contributed by atoms with van der Waals surface area (Å²) in [5.41, 5.74) is 0.976. The molecule has 104 valence electrons. The highest BCUT2D eigenvalue weighted by Gasteiger charge is 2.20. The van der Waals surface area contributed by atoms with E-state index in [1.54, 1.807) is 19.2 Å². The van der Waals surface area contributed by atoms with Gasteiger partial charge in [-0.05, 0) is 13.0 Å². The number of piperazine rings is 1. The van der Waals surface area contributed by atoms with Gasteiger partial charge in [-0.3, -0.25) is 15.0 Å². The Kier molecular flexibility index (Phi) is 4.34. The minimum absolute atomic E-state index is 0.110. The molecule has 1 heterocycles. The first-order valence-electron chi connectivity index (χ1n) is 6.38. The summed E-state index contributed by atoms with van der Waals surface area (Å²) in [6.07, 6.45) is 0. The van der Waals surface area contributed by atoms with Crippen molar-refractivity contribution in [2.24, 2.45) is 0 Å². The van der Waals surface area contributed by atoms with Crippen molar-refractivity contribution in [1.82, 2.24) is 10.2 Å². The van der Waals surface area contributed by atoms with E-state index in [2.05, 4.69) is 17.1 Å². The van der Waals surface area contributed by atoms with Gasteiger partial charge >= 0.3 is 0 Å². The smallest absolute Gasteiger partial charge is 0.270 e. The third-order valence-corrected chi connectivity index (χ3v) is 3.49. The van der Waals surface area contributed by atoms with Gasteiger partial charge in [0.05, 0.1) is 12.0 Å². The minimum atomic E-state index is -0.371.